The van der Waals surface area contributed by atoms with Crippen LogP contribution in [0, 0.1) is 0 Å². The predicted octanol–water partition coefficient (Wildman–Crippen LogP) is 1.93. The Bertz CT molecular complexity index is 1570. The lowest BCUT2D eigenvalue weighted by Gasteiger charge is -2.26. The summed E-state index contributed by atoms with van der Waals surface area (Å²) in [6, 6.07) is 12.4. The molecule has 0 bridgehead atoms. The fourth-order valence-electron chi connectivity index (χ4n) is 4.33. The standard InChI is InChI=1S/C24H24ClN5O4S/c25-17-5-7-18(8-6-17)35(32,33)20-16-19-23(27-21-4-1-2-10-29(21)24(19)31)30(22(20)26)11-3-9-28-12-14-34-15-13-28/h1-2,4-8,10,16,26H,3,9,11-15H2/p+1. The van der Waals surface area contributed by atoms with E-state index in [0.717, 1.165) is 19.6 Å². The second kappa shape index (κ2) is 9.54. The van der Waals surface area contributed by atoms with Crippen LogP contribution in [0.1, 0.15) is 6.42 Å². The lowest BCUT2D eigenvalue weighted by molar-refractivity contribution is -0.660. The number of aromatic nitrogens is 3. The van der Waals surface area contributed by atoms with Crippen molar-refractivity contribution in [3.05, 3.63) is 70.1 Å². The van der Waals surface area contributed by atoms with E-state index < -0.39 is 9.84 Å². The topological polar surface area (TPSA) is 111 Å². The van der Waals surface area contributed by atoms with E-state index in [4.69, 9.17) is 22.1 Å². The van der Waals surface area contributed by atoms with Crippen LogP contribution in [0.4, 0.5) is 5.82 Å². The van der Waals surface area contributed by atoms with E-state index in [9.17, 15) is 13.2 Å². The average Bonchev–Trinajstić information content (AvgIpc) is 2.86. The third-order valence-electron chi connectivity index (χ3n) is 6.20. The zero-order chi connectivity index (χ0) is 24.6. The van der Waals surface area contributed by atoms with E-state index in [1.54, 1.807) is 29.0 Å². The van der Waals surface area contributed by atoms with Crippen molar-refractivity contribution in [2.24, 2.45) is 0 Å². The maximum atomic E-state index is 13.6. The third-order valence-corrected chi connectivity index (χ3v) is 8.25. The fraction of sp³-hybridized carbons (Fsp3) is 0.292. The summed E-state index contributed by atoms with van der Waals surface area (Å²) in [7, 11) is -4.02. The van der Waals surface area contributed by atoms with Crippen molar-refractivity contribution >= 4 is 43.9 Å². The minimum atomic E-state index is -4.02. The Hall–Kier alpha value is -3.05. The zero-order valence-electron chi connectivity index (χ0n) is 18.9. The van der Waals surface area contributed by atoms with E-state index in [2.05, 4.69) is 9.88 Å². The lowest BCUT2D eigenvalue weighted by atomic mass is 10.2. The van der Waals surface area contributed by atoms with Crippen molar-refractivity contribution in [3.63, 3.8) is 0 Å². The first kappa shape index (κ1) is 23.7. The summed E-state index contributed by atoms with van der Waals surface area (Å²) in [4.78, 5) is 20.2. The highest BCUT2D eigenvalue weighted by atomic mass is 35.5. The van der Waals surface area contributed by atoms with E-state index in [0.29, 0.717) is 42.5 Å². The van der Waals surface area contributed by atoms with E-state index in [1.807, 2.05) is 0 Å². The molecule has 0 unspecified atom stereocenters. The van der Waals surface area contributed by atoms with Gasteiger partial charge in [-0.2, -0.15) is 0 Å². The first-order valence-corrected chi connectivity index (χ1v) is 13.2. The molecular formula is C24H25ClN5O4S+. The number of ether oxygens (including phenoxy) is 1. The van der Waals surface area contributed by atoms with Crippen molar-refractivity contribution < 1.29 is 17.7 Å². The number of fused-ring (bicyclic) bond motifs is 2. The summed E-state index contributed by atoms with van der Waals surface area (Å²) >= 11 is 5.95. The molecule has 0 aliphatic carbocycles. The number of aryl methyl sites for hydroxylation is 1. The van der Waals surface area contributed by atoms with Crippen molar-refractivity contribution in [3.8, 4) is 0 Å². The van der Waals surface area contributed by atoms with E-state index in [1.165, 1.54) is 34.7 Å². The molecule has 35 heavy (non-hydrogen) atoms. The van der Waals surface area contributed by atoms with Gasteiger partial charge in [-0.05, 0) is 48.9 Å². The van der Waals surface area contributed by atoms with Crippen molar-refractivity contribution in [2.75, 3.05) is 38.6 Å². The highest BCUT2D eigenvalue weighted by molar-refractivity contribution is 7.91. The number of pyridine rings is 2. The summed E-state index contributed by atoms with van der Waals surface area (Å²) in [6.45, 7) is 4.26. The SMILES string of the molecule is Nc1c(S(=O)(=O)c2ccc(Cl)cc2)cc2c(=O)n3ccccc3nc2[n+]1CCCN1CCOCC1. The normalized spacial score (nSPS) is 15.1. The molecule has 4 heterocycles. The number of sulfone groups is 1. The maximum Gasteiger partial charge on any atom is 0.278 e. The number of rotatable bonds is 6. The molecule has 0 atom stereocenters. The molecule has 0 radical (unpaired) electrons. The monoisotopic (exact) mass is 514 g/mol. The second-order valence-electron chi connectivity index (χ2n) is 8.39. The van der Waals surface area contributed by atoms with E-state index >= 15 is 0 Å². The molecule has 1 saturated heterocycles. The molecule has 9 nitrogen and oxygen atoms in total. The molecule has 1 aliphatic rings. The molecule has 5 rings (SSSR count). The highest BCUT2D eigenvalue weighted by Crippen LogP contribution is 2.27. The zero-order valence-corrected chi connectivity index (χ0v) is 20.5. The van der Waals surface area contributed by atoms with Gasteiger partial charge in [-0.15, -0.1) is 0 Å². The van der Waals surface area contributed by atoms with Gasteiger partial charge in [0.25, 0.3) is 11.2 Å². The molecule has 1 aromatic carbocycles. The molecule has 0 spiro atoms. The number of anilines is 1. The summed E-state index contributed by atoms with van der Waals surface area (Å²) in [5.41, 5.74) is 6.95. The Morgan fingerprint density at radius 2 is 1.86 bits per heavy atom. The molecule has 1 aliphatic heterocycles. The number of hydrogen-bond acceptors (Lipinski definition) is 7. The number of morpholine rings is 1. The number of benzene rings is 1. The van der Waals surface area contributed by atoms with Crippen LogP contribution in [0.2, 0.25) is 5.02 Å². The Labute approximate surface area is 207 Å². The lowest BCUT2D eigenvalue weighted by Crippen LogP contribution is -2.44. The Morgan fingerprint density at radius 1 is 1.11 bits per heavy atom. The summed E-state index contributed by atoms with van der Waals surface area (Å²) in [5.74, 6) is 0.0432. The van der Waals surface area contributed by atoms with Gasteiger partial charge < -0.3 is 10.5 Å². The van der Waals surface area contributed by atoms with Crippen LogP contribution in [0.3, 0.4) is 0 Å². The van der Waals surface area contributed by atoms with Crippen LogP contribution in [0.5, 0.6) is 0 Å². The summed E-state index contributed by atoms with van der Waals surface area (Å²) in [6.07, 6.45) is 2.31. The predicted molar refractivity (Wildman–Crippen MR) is 132 cm³/mol. The maximum absolute atomic E-state index is 13.6. The smallest absolute Gasteiger partial charge is 0.278 e. The molecular weight excluding hydrogens is 490 g/mol. The molecule has 0 saturated carbocycles. The van der Waals surface area contributed by atoms with Gasteiger partial charge in [-0.3, -0.25) is 14.1 Å². The first-order valence-electron chi connectivity index (χ1n) is 11.3. The van der Waals surface area contributed by atoms with Crippen LogP contribution in [-0.2, 0) is 21.1 Å². The quantitative estimate of drug-likeness (QED) is 0.309. The summed E-state index contributed by atoms with van der Waals surface area (Å²) in [5, 5.41) is 0.601. The number of nitrogens with two attached hydrogens (primary N) is 1. The van der Waals surface area contributed by atoms with Gasteiger partial charge in [-0.25, -0.2) is 13.0 Å². The minimum absolute atomic E-state index is 0.0432. The number of halogens is 1. The van der Waals surface area contributed by atoms with Crippen molar-refractivity contribution in [1.82, 2.24) is 14.3 Å². The van der Waals surface area contributed by atoms with Crippen LogP contribution in [0.15, 0.2) is 69.3 Å². The number of nitrogens with zero attached hydrogens (tertiary/aromatic N) is 4. The van der Waals surface area contributed by atoms with Gasteiger partial charge >= 0.3 is 0 Å². The first-order chi connectivity index (χ1) is 16.9. The molecule has 0 amide bonds. The second-order valence-corrected chi connectivity index (χ2v) is 10.7. The fourth-order valence-corrected chi connectivity index (χ4v) is 5.87. The van der Waals surface area contributed by atoms with Gasteiger partial charge in [-0.1, -0.05) is 22.7 Å². The van der Waals surface area contributed by atoms with Crippen molar-refractivity contribution in [2.45, 2.75) is 22.8 Å². The Morgan fingerprint density at radius 3 is 2.60 bits per heavy atom. The molecule has 2 N–H and O–H groups in total. The number of hydrogen-bond donors (Lipinski definition) is 1. The molecule has 182 valence electrons. The van der Waals surface area contributed by atoms with Crippen LogP contribution >= 0.6 is 11.6 Å². The molecule has 11 heteroatoms. The van der Waals surface area contributed by atoms with Gasteiger partial charge in [0.05, 0.1) is 24.7 Å². The van der Waals surface area contributed by atoms with Crippen LogP contribution in [-0.4, -0.2) is 55.6 Å². The van der Waals surface area contributed by atoms with Gasteiger partial charge in [0.1, 0.15) is 10.3 Å². The van der Waals surface area contributed by atoms with Crippen LogP contribution in [0.25, 0.3) is 16.7 Å². The third kappa shape index (κ3) is 4.50. The van der Waals surface area contributed by atoms with Gasteiger partial charge in [0, 0.05) is 30.9 Å². The Balaban J connectivity index is 1.66. The molecule has 3 aromatic heterocycles. The average molecular weight is 515 g/mol. The Kier molecular flexibility index (Phi) is 6.45. The number of nitrogen functional groups attached to an aromatic ring is 1. The van der Waals surface area contributed by atoms with Crippen molar-refractivity contribution in [1.29, 1.82) is 0 Å². The van der Waals surface area contributed by atoms with Gasteiger partial charge in [0.15, 0.2) is 0 Å². The van der Waals surface area contributed by atoms with Crippen LogP contribution < -0.4 is 15.9 Å². The molecule has 1 fully saturated rings. The highest BCUT2D eigenvalue weighted by Gasteiger charge is 2.29. The largest absolute Gasteiger partial charge is 0.379 e. The van der Waals surface area contributed by atoms with Gasteiger partial charge in [0.2, 0.25) is 21.3 Å². The molecule has 4 aromatic rings. The summed E-state index contributed by atoms with van der Waals surface area (Å²) < 4.78 is 35.6. The minimum Gasteiger partial charge on any atom is -0.379 e. The van der Waals surface area contributed by atoms with E-state index in [-0.39, 0.29) is 26.6 Å².